The highest BCUT2D eigenvalue weighted by Gasteiger charge is 2.27. The molecule has 0 unspecified atom stereocenters. The van der Waals surface area contributed by atoms with Crippen molar-refractivity contribution in [2.75, 3.05) is 39.5 Å². The Kier molecular flexibility index (Phi) is 7.14. The number of hydrogen-bond acceptors (Lipinski definition) is 7. The van der Waals surface area contributed by atoms with Crippen LogP contribution >= 0.6 is 0 Å². The number of carbonyl (C=O) groups excluding carboxylic acids is 2. The summed E-state index contributed by atoms with van der Waals surface area (Å²) in [5.74, 6) is 0.289. The van der Waals surface area contributed by atoms with E-state index in [0.29, 0.717) is 50.8 Å². The predicted molar refractivity (Wildman–Crippen MR) is 119 cm³/mol. The van der Waals surface area contributed by atoms with E-state index in [9.17, 15) is 18.0 Å². The molecule has 0 aliphatic carbocycles. The zero-order valence-corrected chi connectivity index (χ0v) is 18.9. The molecule has 2 aliphatic rings. The van der Waals surface area contributed by atoms with E-state index in [1.54, 1.807) is 0 Å². The van der Waals surface area contributed by atoms with Crippen LogP contribution < -0.4 is 14.8 Å². The first kappa shape index (κ1) is 23.1. The SMILES string of the molecule is O=C(COC(=O)c1ccc(S(=O)(=O)N2CCCC2)cc1)NCCc1ccc2c(c1)OCCO2. The number of hydrogen-bond donors (Lipinski definition) is 1. The molecule has 2 aliphatic heterocycles. The van der Waals surface area contributed by atoms with Gasteiger partial charge in [0, 0.05) is 19.6 Å². The van der Waals surface area contributed by atoms with Crippen molar-refractivity contribution in [2.24, 2.45) is 0 Å². The van der Waals surface area contributed by atoms with Crippen LogP contribution in [0.1, 0.15) is 28.8 Å². The minimum Gasteiger partial charge on any atom is -0.486 e. The quantitative estimate of drug-likeness (QED) is 0.581. The first-order valence-corrected chi connectivity index (χ1v) is 12.3. The molecular formula is C23H26N2O7S. The van der Waals surface area contributed by atoms with Gasteiger partial charge in [-0.3, -0.25) is 4.79 Å². The van der Waals surface area contributed by atoms with Crippen LogP contribution in [0.15, 0.2) is 47.4 Å². The summed E-state index contributed by atoms with van der Waals surface area (Å²) in [6.07, 6.45) is 2.29. The van der Waals surface area contributed by atoms with Crippen molar-refractivity contribution in [3.63, 3.8) is 0 Å². The molecule has 1 fully saturated rings. The van der Waals surface area contributed by atoms with Crippen LogP contribution in [0, 0.1) is 0 Å². The summed E-state index contributed by atoms with van der Waals surface area (Å²) >= 11 is 0. The van der Waals surface area contributed by atoms with Crippen LogP contribution in [0.25, 0.3) is 0 Å². The van der Waals surface area contributed by atoms with Crippen molar-refractivity contribution in [3.8, 4) is 11.5 Å². The molecule has 0 saturated carbocycles. The van der Waals surface area contributed by atoms with Gasteiger partial charge in [-0.15, -0.1) is 0 Å². The lowest BCUT2D eigenvalue weighted by molar-refractivity contribution is -0.124. The molecule has 2 heterocycles. The Morgan fingerprint density at radius 2 is 1.67 bits per heavy atom. The van der Waals surface area contributed by atoms with E-state index < -0.39 is 28.5 Å². The Morgan fingerprint density at radius 1 is 0.970 bits per heavy atom. The van der Waals surface area contributed by atoms with Crippen molar-refractivity contribution in [1.29, 1.82) is 0 Å². The third kappa shape index (κ3) is 5.63. The summed E-state index contributed by atoms with van der Waals surface area (Å²) in [4.78, 5) is 24.4. The molecule has 1 N–H and O–H groups in total. The lowest BCUT2D eigenvalue weighted by atomic mass is 10.1. The summed E-state index contributed by atoms with van der Waals surface area (Å²) in [6, 6.07) is 11.2. The number of esters is 1. The number of amides is 1. The van der Waals surface area contributed by atoms with Gasteiger partial charge in [0.1, 0.15) is 13.2 Å². The summed E-state index contributed by atoms with van der Waals surface area (Å²) in [5, 5.41) is 2.71. The minimum absolute atomic E-state index is 0.137. The first-order valence-electron chi connectivity index (χ1n) is 10.9. The lowest BCUT2D eigenvalue weighted by Gasteiger charge is -2.18. The number of sulfonamides is 1. The van der Waals surface area contributed by atoms with Gasteiger partial charge in [0.25, 0.3) is 5.91 Å². The third-order valence-electron chi connectivity index (χ3n) is 5.47. The molecule has 176 valence electrons. The van der Waals surface area contributed by atoms with Gasteiger partial charge in [-0.25, -0.2) is 13.2 Å². The second-order valence-electron chi connectivity index (χ2n) is 7.79. The largest absolute Gasteiger partial charge is 0.486 e. The molecule has 1 saturated heterocycles. The molecule has 9 nitrogen and oxygen atoms in total. The molecule has 2 aromatic rings. The molecule has 1 amide bonds. The summed E-state index contributed by atoms with van der Waals surface area (Å²) < 4.78 is 42.6. The molecule has 0 aromatic heterocycles. The van der Waals surface area contributed by atoms with E-state index >= 15 is 0 Å². The molecule has 0 spiro atoms. The smallest absolute Gasteiger partial charge is 0.338 e. The number of fused-ring (bicyclic) bond motifs is 1. The van der Waals surface area contributed by atoms with Crippen molar-refractivity contribution in [1.82, 2.24) is 9.62 Å². The highest BCUT2D eigenvalue weighted by molar-refractivity contribution is 7.89. The highest BCUT2D eigenvalue weighted by atomic mass is 32.2. The second-order valence-corrected chi connectivity index (χ2v) is 9.73. The second kappa shape index (κ2) is 10.2. The number of nitrogens with one attached hydrogen (secondary N) is 1. The number of carbonyl (C=O) groups is 2. The van der Waals surface area contributed by atoms with Crippen LogP contribution in [0.5, 0.6) is 11.5 Å². The number of nitrogens with zero attached hydrogens (tertiary/aromatic N) is 1. The molecule has 0 bridgehead atoms. The van der Waals surface area contributed by atoms with Gasteiger partial charge in [-0.05, 0) is 61.2 Å². The maximum atomic E-state index is 12.5. The molecule has 0 radical (unpaired) electrons. The van der Waals surface area contributed by atoms with E-state index in [2.05, 4.69) is 5.32 Å². The molecule has 33 heavy (non-hydrogen) atoms. The van der Waals surface area contributed by atoms with Crippen molar-refractivity contribution in [2.45, 2.75) is 24.2 Å². The maximum Gasteiger partial charge on any atom is 0.338 e. The Labute approximate surface area is 192 Å². The molecule has 2 aromatic carbocycles. The van der Waals surface area contributed by atoms with E-state index in [1.165, 1.54) is 28.6 Å². The normalized spacial score (nSPS) is 15.8. The van der Waals surface area contributed by atoms with Crippen molar-refractivity contribution >= 4 is 21.9 Å². The Morgan fingerprint density at radius 3 is 2.39 bits per heavy atom. The van der Waals surface area contributed by atoms with Gasteiger partial charge < -0.3 is 19.5 Å². The van der Waals surface area contributed by atoms with E-state index in [4.69, 9.17) is 14.2 Å². The van der Waals surface area contributed by atoms with Gasteiger partial charge in [0.15, 0.2) is 18.1 Å². The standard InChI is InChI=1S/C23H26N2O7S/c26-22(24-10-9-17-3-8-20-21(15-17)31-14-13-30-20)16-32-23(27)18-4-6-19(7-5-18)33(28,29)25-11-1-2-12-25/h3-8,15H,1-2,9-14,16H2,(H,24,26). The fraction of sp³-hybridized carbons (Fsp3) is 0.391. The monoisotopic (exact) mass is 474 g/mol. The molecule has 10 heteroatoms. The van der Waals surface area contributed by atoms with Gasteiger partial charge >= 0.3 is 5.97 Å². The van der Waals surface area contributed by atoms with Crippen LogP contribution in [0.4, 0.5) is 0 Å². The highest BCUT2D eigenvalue weighted by Crippen LogP contribution is 2.30. The third-order valence-corrected chi connectivity index (χ3v) is 7.38. The van der Waals surface area contributed by atoms with Gasteiger partial charge in [-0.1, -0.05) is 6.07 Å². The maximum absolute atomic E-state index is 12.5. The van der Waals surface area contributed by atoms with E-state index in [-0.39, 0.29) is 10.5 Å². The lowest BCUT2D eigenvalue weighted by Crippen LogP contribution is -2.30. The fourth-order valence-corrected chi connectivity index (χ4v) is 5.21. The van der Waals surface area contributed by atoms with Crippen molar-refractivity contribution < 1.29 is 32.2 Å². The average molecular weight is 475 g/mol. The first-order chi connectivity index (χ1) is 15.9. The zero-order valence-electron chi connectivity index (χ0n) is 18.1. The van der Waals surface area contributed by atoms with E-state index in [0.717, 1.165) is 18.4 Å². The van der Waals surface area contributed by atoms with Gasteiger partial charge in [0.05, 0.1) is 10.5 Å². The number of ether oxygens (including phenoxy) is 3. The Balaban J connectivity index is 1.22. The van der Waals surface area contributed by atoms with Crippen LogP contribution in [0.2, 0.25) is 0 Å². The summed E-state index contributed by atoms with van der Waals surface area (Å²) in [6.45, 7) is 2.01. The minimum atomic E-state index is -3.54. The van der Waals surface area contributed by atoms with Crippen LogP contribution in [0.3, 0.4) is 0 Å². The van der Waals surface area contributed by atoms with Gasteiger partial charge in [0.2, 0.25) is 10.0 Å². The fourth-order valence-electron chi connectivity index (χ4n) is 3.70. The zero-order chi connectivity index (χ0) is 23.3. The topological polar surface area (TPSA) is 111 Å². The molecule has 4 rings (SSSR count). The van der Waals surface area contributed by atoms with Crippen LogP contribution in [-0.4, -0.2) is 64.1 Å². The van der Waals surface area contributed by atoms with Crippen LogP contribution in [-0.2, 0) is 26.0 Å². The Hall–Kier alpha value is -3.11. The number of rotatable bonds is 8. The average Bonchev–Trinajstić information content (AvgIpc) is 3.39. The number of benzene rings is 2. The molecular weight excluding hydrogens is 448 g/mol. The van der Waals surface area contributed by atoms with Crippen molar-refractivity contribution in [3.05, 3.63) is 53.6 Å². The summed E-state index contributed by atoms with van der Waals surface area (Å²) in [7, 11) is -3.54. The summed E-state index contributed by atoms with van der Waals surface area (Å²) in [5.41, 5.74) is 1.17. The van der Waals surface area contributed by atoms with E-state index in [1.807, 2.05) is 18.2 Å². The Bertz CT molecular complexity index is 1110. The molecule has 0 atom stereocenters. The van der Waals surface area contributed by atoms with Gasteiger partial charge in [-0.2, -0.15) is 4.31 Å². The predicted octanol–water partition coefficient (Wildman–Crippen LogP) is 1.76.